The molecule has 0 unspecified atom stereocenters. The van der Waals surface area contributed by atoms with Gasteiger partial charge >= 0.3 is 0 Å². The van der Waals surface area contributed by atoms with Gasteiger partial charge in [-0.1, -0.05) is 19.1 Å². The van der Waals surface area contributed by atoms with Gasteiger partial charge in [-0.15, -0.1) is 0 Å². The summed E-state index contributed by atoms with van der Waals surface area (Å²) in [5.74, 6) is 0. The number of hydrogen-bond donors (Lipinski definition) is 2. The number of hydrogen-bond acceptors (Lipinski definition) is 2. The van der Waals surface area contributed by atoms with Crippen molar-refractivity contribution in [1.29, 1.82) is 0 Å². The first-order valence-corrected chi connectivity index (χ1v) is 4.55. The fraction of sp³-hybridized carbons (Fsp3) is 0.600. The molecule has 0 aliphatic carbocycles. The van der Waals surface area contributed by atoms with Crippen molar-refractivity contribution >= 4 is 0 Å². The molecule has 0 aliphatic heterocycles. The van der Waals surface area contributed by atoms with Crippen molar-refractivity contribution in [2.24, 2.45) is 0 Å². The Bertz CT molecular complexity index is 148. The first kappa shape index (κ1) is 11.2. The van der Waals surface area contributed by atoms with Crippen molar-refractivity contribution in [3.8, 4) is 0 Å². The summed E-state index contributed by atoms with van der Waals surface area (Å²) in [4.78, 5) is 0. The molecule has 12 heavy (non-hydrogen) atoms. The molecule has 0 saturated carbocycles. The summed E-state index contributed by atoms with van der Waals surface area (Å²) >= 11 is 0. The molecule has 2 nitrogen and oxygen atoms in total. The molecule has 0 aromatic carbocycles. The highest BCUT2D eigenvalue weighted by Crippen LogP contribution is 1.85. The molecule has 0 amide bonds. The lowest BCUT2D eigenvalue weighted by atomic mass is 10.4. The van der Waals surface area contributed by atoms with Crippen molar-refractivity contribution in [3.63, 3.8) is 0 Å². The summed E-state index contributed by atoms with van der Waals surface area (Å²) in [6.45, 7) is 9.27. The molecule has 0 aromatic heterocycles. The minimum Gasteiger partial charge on any atom is -0.387 e. The van der Waals surface area contributed by atoms with E-state index in [9.17, 15) is 0 Å². The van der Waals surface area contributed by atoms with Gasteiger partial charge in [0.05, 0.1) is 0 Å². The van der Waals surface area contributed by atoms with Crippen LogP contribution in [0.2, 0.25) is 0 Å². The second kappa shape index (κ2) is 8.34. The topological polar surface area (TPSA) is 24.1 Å². The first-order valence-electron chi connectivity index (χ1n) is 4.55. The van der Waals surface area contributed by atoms with E-state index >= 15 is 0 Å². The van der Waals surface area contributed by atoms with Crippen molar-refractivity contribution in [2.45, 2.75) is 20.8 Å². The molecular weight excluding hydrogens is 148 g/mol. The Morgan fingerprint density at radius 2 is 2.08 bits per heavy atom. The van der Waals surface area contributed by atoms with E-state index in [0.717, 1.165) is 19.6 Å². The average Bonchev–Trinajstić information content (AvgIpc) is 2.09. The third-order valence-electron chi connectivity index (χ3n) is 1.49. The number of nitrogens with one attached hydrogen (secondary N) is 2. The SMILES string of the molecule is C/C=C\C=C(/C)NCCNCC. The Hall–Kier alpha value is -0.760. The van der Waals surface area contributed by atoms with E-state index in [0.29, 0.717) is 0 Å². The van der Waals surface area contributed by atoms with E-state index in [1.807, 2.05) is 19.1 Å². The van der Waals surface area contributed by atoms with Gasteiger partial charge in [0, 0.05) is 18.8 Å². The van der Waals surface area contributed by atoms with E-state index in [4.69, 9.17) is 0 Å². The fourth-order valence-electron chi connectivity index (χ4n) is 0.824. The molecule has 0 saturated heterocycles. The zero-order valence-corrected chi connectivity index (χ0v) is 8.35. The molecule has 2 heteroatoms. The van der Waals surface area contributed by atoms with Crippen molar-refractivity contribution in [2.75, 3.05) is 19.6 Å². The summed E-state index contributed by atoms with van der Waals surface area (Å²) in [6, 6.07) is 0. The van der Waals surface area contributed by atoms with Gasteiger partial charge in [-0.25, -0.2) is 0 Å². The van der Waals surface area contributed by atoms with Gasteiger partial charge in [0.2, 0.25) is 0 Å². The maximum atomic E-state index is 3.30. The Morgan fingerprint density at radius 3 is 2.67 bits per heavy atom. The fourth-order valence-corrected chi connectivity index (χ4v) is 0.824. The van der Waals surface area contributed by atoms with Crippen LogP contribution in [0, 0.1) is 0 Å². The van der Waals surface area contributed by atoms with Crippen LogP contribution in [0.4, 0.5) is 0 Å². The smallest absolute Gasteiger partial charge is 0.0269 e. The summed E-state index contributed by atoms with van der Waals surface area (Å²) in [7, 11) is 0. The molecule has 0 aromatic rings. The first-order chi connectivity index (χ1) is 5.81. The lowest BCUT2D eigenvalue weighted by Gasteiger charge is -2.05. The van der Waals surface area contributed by atoms with Gasteiger partial charge in [0.15, 0.2) is 0 Å². The van der Waals surface area contributed by atoms with Crippen LogP contribution in [0.3, 0.4) is 0 Å². The third kappa shape index (κ3) is 7.35. The van der Waals surface area contributed by atoms with Crippen LogP contribution in [0.5, 0.6) is 0 Å². The van der Waals surface area contributed by atoms with Crippen molar-refractivity contribution in [1.82, 2.24) is 10.6 Å². The second-order valence-electron chi connectivity index (χ2n) is 2.66. The Labute approximate surface area is 75.7 Å². The minimum absolute atomic E-state index is 0.994. The highest BCUT2D eigenvalue weighted by atomic mass is 14.9. The molecule has 2 N–H and O–H groups in total. The van der Waals surface area contributed by atoms with Crippen LogP contribution >= 0.6 is 0 Å². The van der Waals surface area contributed by atoms with Gasteiger partial charge in [0.25, 0.3) is 0 Å². The monoisotopic (exact) mass is 168 g/mol. The largest absolute Gasteiger partial charge is 0.387 e. The molecule has 0 radical (unpaired) electrons. The highest BCUT2D eigenvalue weighted by molar-refractivity contribution is 5.08. The predicted octanol–water partition coefficient (Wildman–Crippen LogP) is 1.67. The molecule has 0 atom stereocenters. The molecule has 0 spiro atoms. The summed E-state index contributed by atoms with van der Waals surface area (Å²) in [5, 5.41) is 6.55. The highest BCUT2D eigenvalue weighted by Gasteiger charge is 1.84. The minimum atomic E-state index is 0.994. The predicted molar refractivity (Wildman–Crippen MR) is 55.1 cm³/mol. The third-order valence-corrected chi connectivity index (χ3v) is 1.49. The van der Waals surface area contributed by atoms with E-state index in [-0.39, 0.29) is 0 Å². The maximum Gasteiger partial charge on any atom is 0.0269 e. The molecule has 0 aliphatic rings. The molecule has 0 bridgehead atoms. The summed E-state index contributed by atoms with van der Waals surface area (Å²) in [5.41, 5.74) is 1.21. The molecule has 0 rings (SSSR count). The zero-order chi connectivity index (χ0) is 9.23. The Balaban J connectivity index is 3.36. The zero-order valence-electron chi connectivity index (χ0n) is 8.35. The lowest BCUT2D eigenvalue weighted by Crippen LogP contribution is -2.25. The number of rotatable bonds is 6. The summed E-state index contributed by atoms with van der Waals surface area (Å²) < 4.78 is 0. The molecule has 0 fully saturated rings. The van der Waals surface area contributed by atoms with E-state index in [1.54, 1.807) is 0 Å². The maximum absolute atomic E-state index is 3.30. The van der Waals surface area contributed by atoms with E-state index in [1.165, 1.54) is 5.70 Å². The van der Waals surface area contributed by atoms with Crippen LogP contribution in [-0.4, -0.2) is 19.6 Å². The average molecular weight is 168 g/mol. The normalized spacial score (nSPS) is 12.4. The second-order valence-corrected chi connectivity index (χ2v) is 2.66. The van der Waals surface area contributed by atoms with Crippen molar-refractivity contribution < 1.29 is 0 Å². The number of likely N-dealkylation sites (N-methyl/N-ethyl adjacent to an activating group) is 1. The molecule has 70 valence electrons. The van der Waals surface area contributed by atoms with Crippen LogP contribution in [-0.2, 0) is 0 Å². The van der Waals surface area contributed by atoms with Gasteiger partial charge in [0.1, 0.15) is 0 Å². The lowest BCUT2D eigenvalue weighted by molar-refractivity contribution is 0.672. The number of allylic oxidation sites excluding steroid dienone is 4. The van der Waals surface area contributed by atoms with E-state index < -0.39 is 0 Å². The van der Waals surface area contributed by atoms with Gasteiger partial charge in [-0.05, 0) is 26.5 Å². The van der Waals surface area contributed by atoms with E-state index in [2.05, 4.69) is 30.6 Å². The van der Waals surface area contributed by atoms with Crippen molar-refractivity contribution in [3.05, 3.63) is 23.9 Å². The Morgan fingerprint density at radius 1 is 1.33 bits per heavy atom. The van der Waals surface area contributed by atoms with Crippen LogP contribution in [0.25, 0.3) is 0 Å². The van der Waals surface area contributed by atoms with Crippen LogP contribution in [0.15, 0.2) is 23.9 Å². The summed E-state index contributed by atoms with van der Waals surface area (Å²) in [6.07, 6.45) is 6.14. The van der Waals surface area contributed by atoms with Gasteiger partial charge < -0.3 is 10.6 Å². The molecule has 0 heterocycles. The quantitative estimate of drug-likeness (QED) is 0.465. The molecular formula is C10H20N2. The van der Waals surface area contributed by atoms with Gasteiger partial charge in [-0.2, -0.15) is 0 Å². The van der Waals surface area contributed by atoms with Crippen LogP contribution < -0.4 is 10.6 Å². The standard InChI is InChI=1S/C10H20N2/c1-4-6-7-10(3)12-9-8-11-5-2/h4,6-7,11-12H,5,8-9H2,1-3H3/b6-4-,10-7+. The van der Waals surface area contributed by atoms with Gasteiger partial charge in [-0.3, -0.25) is 0 Å². The Kier molecular flexibility index (Phi) is 7.81. The van der Waals surface area contributed by atoms with Crippen LogP contribution in [0.1, 0.15) is 20.8 Å².